The number of nitrogens with one attached hydrogen (secondary N) is 1. The Morgan fingerprint density at radius 1 is 1.14 bits per heavy atom. The van der Waals surface area contributed by atoms with Crippen LogP contribution in [0.4, 0.5) is 26.1 Å². The molecule has 11 heteroatoms. The van der Waals surface area contributed by atoms with Crippen LogP contribution < -0.4 is 26.4 Å². The zero-order valence-corrected chi connectivity index (χ0v) is 18.7. The van der Waals surface area contributed by atoms with E-state index in [-0.39, 0.29) is 31.2 Å². The third kappa shape index (κ3) is 5.69. The average molecular weight is 482 g/mol. The van der Waals surface area contributed by atoms with E-state index in [9.17, 15) is 18.4 Å². The summed E-state index contributed by atoms with van der Waals surface area (Å²) in [5.74, 6) is -0.565. The largest absolute Gasteiger partial charge is 0.435 e. The number of ether oxygens (including phenoxy) is 1. The molecule has 5 N–H and O–H groups in total. The highest BCUT2D eigenvalue weighted by molar-refractivity contribution is 5.97. The van der Waals surface area contributed by atoms with Crippen molar-refractivity contribution in [1.82, 2.24) is 9.97 Å². The molecule has 0 radical (unpaired) electrons. The van der Waals surface area contributed by atoms with Gasteiger partial charge >= 0.3 is 6.61 Å². The first-order chi connectivity index (χ1) is 16.8. The van der Waals surface area contributed by atoms with Crippen LogP contribution in [0.15, 0.2) is 54.9 Å². The second kappa shape index (κ2) is 10.4. The molecule has 2 amide bonds. The molecule has 3 aromatic rings. The number of amides is 2. The monoisotopic (exact) mass is 482 g/mol. The third-order valence-electron chi connectivity index (χ3n) is 5.73. The molecule has 0 aliphatic carbocycles. The van der Waals surface area contributed by atoms with E-state index in [0.717, 1.165) is 11.1 Å². The lowest BCUT2D eigenvalue weighted by molar-refractivity contribution is -0.125. The molecule has 1 fully saturated rings. The number of anilines is 3. The molecule has 2 heterocycles. The van der Waals surface area contributed by atoms with Crippen LogP contribution in [0.1, 0.15) is 18.4 Å². The molecule has 2 aromatic carbocycles. The summed E-state index contributed by atoms with van der Waals surface area (Å²) in [6, 6.07) is 11.5. The van der Waals surface area contributed by atoms with Crippen molar-refractivity contribution in [1.29, 1.82) is 0 Å². The van der Waals surface area contributed by atoms with Crippen molar-refractivity contribution < 1.29 is 23.1 Å². The summed E-state index contributed by atoms with van der Waals surface area (Å²) < 4.78 is 29.0. The third-order valence-corrected chi connectivity index (χ3v) is 5.73. The summed E-state index contributed by atoms with van der Waals surface area (Å²) in [6.45, 7) is -2.46. The number of piperidine rings is 1. The van der Waals surface area contributed by atoms with E-state index < -0.39 is 18.4 Å². The van der Waals surface area contributed by atoms with Crippen molar-refractivity contribution in [3.05, 3.63) is 60.4 Å². The molecule has 1 aromatic heterocycles. The van der Waals surface area contributed by atoms with Crippen molar-refractivity contribution in [2.75, 3.05) is 16.8 Å². The minimum atomic E-state index is -2.88. The molecule has 1 unspecified atom stereocenters. The Labute approximate surface area is 200 Å². The molecular formula is C24H24F2N6O3. The summed E-state index contributed by atoms with van der Waals surface area (Å²) in [7, 11) is 0. The van der Waals surface area contributed by atoms with E-state index in [1.54, 1.807) is 47.6 Å². The van der Waals surface area contributed by atoms with E-state index >= 15 is 0 Å². The van der Waals surface area contributed by atoms with Gasteiger partial charge in [-0.05, 0) is 41.8 Å². The predicted molar refractivity (Wildman–Crippen MR) is 126 cm³/mol. The Morgan fingerprint density at radius 2 is 1.86 bits per heavy atom. The van der Waals surface area contributed by atoms with Gasteiger partial charge in [-0.25, -0.2) is 9.97 Å². The number of benzene rings is 2. The fourth-order valence-electron chi connectivity index (χ4n) is 3.88. The van der Waals surface area contributed by atoms with Crippen LogP contribution in [0.25, 0.3) is 11.1 Å². The molecular weight excluding hydrogens is 458 g/mol. The zero-order chi connectivity index (χ0) is 24.9. The Balaban J connectivity index is 1.51. The lowest BCUT2D eigenvalue weighted by Crippen LogP contribution is -2.45. The van der Waals surface area contributed by atoms with E-state index in [1.807, 2.05) is 0 Å². The first-order valence-electron chi connectivity index (χ1n) is 10.9. The van der Waals surface area contributed by atoms with Crippen LogP contribution >= 0.6 is 0 Å². The number of carbonyl (C=O) groups excluding carboxylic acids is 2. The minimum Gasteiger partial charge on any atom is -0.435 e. The fraction of sp³-hybridized carbons (Fsp3) is 0.250. The van der Waals surface area contributed by atoms with E-state index in [1.165, 1.54) is 12.1 Å². The number of alkyl halides is 2. The molecule has 182 valence electrons. The number of hydrogen-bond donors (Lipinski definition) is 3. The van der Waals surface area contributed by atoms with Gasteiger partial charge in [-0.3, -0.25) is 9.59 Å². The Morgan fingerprint density at radius 3 is 2.49 bits per heavy atom. The number of nitrogens with two attached hydrogens (primary N) is 2. The second-order valence-corrected chi connectivity index (χ2v) is 8.01. The maximum atomic E-state index is 12.6. The Bertz CT molecular complexity index is 1200. The van der Waals surface area contributed by atoms with Crippen LogP contribution in [0.5, 0.6) is 5.75 Å². The second-order valence-electron chi connectivity index (χ2n) is 8.01. The van der Waals surface area contributed by atoms with Gasteiger partial charge in [0.1, 0.15) is 5.75 Å². The van der Waals surface area contributed by atoms with Crippen LogP contribution in [0, 0.1) is 5.92 Å². The van der Waals surface area contributed by atoms with Gasteiger partial charge in [-0.1, -0.05) is 18.2 Å². The standard InChI is InChI=1S/C24H24F2N6O3/c25-23(26)35-19-6-2-14(3-7-19)17-11-29-24(30-12-17)31-18-5-1-15(10-27)20(9-18)32-13-16(22(28)34)4-8-21(32)33/h1-3,5-7,9,11-12,16,23H,4,8,10,13,27H2,(H2,28,34)(H,29,30,31). The van der Waals surface area contributed by atoms with Crippen LogP contribution in [-0.2, 0) is 16.1 Å². The maximum absolute atomic E-state index is 12.6. The lowest BCUT2D eigenvalue weighted by Gasteiger charge is -2.32. The van der Waals surface area contributed by atoms with Crippen LogP contribution in [0.2, 0.25) is 0 Å². The molecule has 1 atom stereocenters. The summed E-state index contributed by atoms with van der Waals surface area (Å²) >= 11 is 0. The van der Waals surface area contributed by atoms with Crippen molar-refractivity contribution in [3.8, 4) is 16.9 Å². The first kappa shape index (κ1) is 24.0. The molecule has 0 spiro atoms. The maximum Gasteiger partial charge on any atom is 0.387 e. The minimum absolute atomic E-state index is 0.0639. The quantitative estimate of drug-likeness (QED) is 0.449. The van der Waals surface area contributed by atoms with Gasteiger partial charge in [0, 0.05) is 43.2 Å². The molecule has 1 aliphatic heterocycles. The van der Waals surface area contributed by atoms with Crippen molar-refractivity contribution in [3.63, 3.8) is 0 Å². The van der Waals surface area contributed by atoms with Gasteiger partial charge in [0.05, 0.1) is 11.6 Å². The normalized spacial score (nSPS) is 15.8. The number of aromatic nitrogens is 2. The molecule has 9 nitrogen and oxygen atoms in total. The van der Waals surface area contributed by atoms with Gasteiger partial charge in [0.15, 0.2) is 0 Å². The van der Waals surface area contributed by atoms with Crippen molar-refractivity contribution in [2.45, 2.75) is 26.0 Å². The van der Waals surface area contributed by atoms with Crippen LogP contribution in [0.3, 0.4) is 0 Å². The van der Waals surface area contributed by atoms with Crippen molar-refractivity contribution in [2.24, 2.45) is 17.4 Å². The zero-order valence-electron chi connectivity index (χ0n) is 18.7. The first-order valence-corrected chi connectivity index (χ1v) is 10.9. The lowest BCUT2D eigenvalue weighted by atomic mass is 9.95. The number of rotatable bonds is 8. The van der Waals surface area contributed by atoms with E-state index in [4.69, 9.17) is 11.5 Å². The van der Waals surface area contributed by atoms with Gasteiger partial charge in [0.25, 0.3) is 0 Å². The predicted octanol–water partition coefficient (Wildman–Crippen LogP) is 3.18. The highest BCUT2D eigenvalue weighted by Crippen LogP contribution is 2.31. The molecule has 1 aliphatic rings. The highest BCUT2D eigenvalue weighted by atomic mass is 19.3. The number of carbonyl (C=O) groups is 2. The molecule has 35 heavy (non-hydrogen) atoms. The van der Waals surface area contributed by atoms with E-state index in [0.29, 0.717) is 29.3 Å². The SMILES string of the molecule is NCc1ccc(Nc2ncc(-c3ccc(OC(F)F)cc3)cn2)cc1N1CC(C(N)=O)CCC1=O. The van der Waals surface area contributed by atoms with Crippen LogP contribution in [-0.4, -0.2) is 34.9 Å². The van der Waals surface area contributed by atoms with Gasteiger partial charge < -0.3 is 26.4 Å². The average Bonchev–Trinajstić information content (AvgIpc) is 2.85. The van der Waals surface area contributed by atoms with Gasteiger partial charge in [-0.2, -0.15) is 8.78 Å². The number of halogens is 2. The van der Waals surface area contributed by atoms with Gasteiger partial charge in [0.2, 0.25) is 17.8 Å². The van der Waals surface area contributed by atoms with Gasteiger partial charge in [-0.15, -0.1) is 0 Å². The molecule has 0 saturated carbocycles. The molecule has 4 rings (SSSR count). The fourth-order valence-corrected chi connectivity index (χ4v) is 3.88. The Hall–Kier alpha value is -4.12. The van der Waals surface area contributed by atoms with Crippen molar-refractivity contribution >= 4 is 29.1 Å². The summed E-state index contributed by atoms with van der Waals surface area (Å²) in [5, 5.41) is 3.10. The molecule has 0 bridgehead atoms. The summed E-state index contributed by atoms with van der Waals surface area (Å²) in [5.41, 5.74) is 14.8. The smallest absolute Gasteiger partial charge is 0.387 e. The number of primary amides is 1. The summed E-state index contributed by atoms with van der Waals surface area (Å²) in [6.07, 6.45) is 3.86. The van der Waals surface area contributed by atoms with E-state index in [2.05, 4.69) is 20.0 Å². The summed E-state index contributed by atoms with van der Waals surface area (Å²) in [4.78, 5) is 34.5. The topological polar surface area (TPSA) is 136 Å². The molecule has 1 saturated heterocycles. The highest BCUT2D eigenvalue weighted by Gasteiger charge is 2.31. The number of hydrogen-bond acceptors (Lipinski definition) is 7. The Kier molecular flexibility index (Phi) is 7.16. The number of nitrogens with zero attached hydrogens (tertiary/aromatic N) is 3.